The molecule has 3 aliphatic rings. The molecule has 4 heterocycles. The van der Waals surface area contributed by atoms with Gasteiger partial charge in [-0.1, -0.05) is 0 Å². The average molecular weight is 317 g/mol. The molecule has 2 bridgehead atoms. The van der Waals surface area contributed by atoms with Crippen molar-refractivity contribution < 1.29 is 4.74 Å². The van der Waals surface area contributed by atoms with Crippen LogP contribution in [-0.2, 0) is 4.74 Å². The van der Waals surface area contributed by atoms with Crippen molar-refractivity contribution >= 4 is 28.4 Å². The molecule has 0 spiro atoms. The number of fused-ring (bicyclic) bond motifs is 2. The van der Waals surface area contributed by atoms with E-state index >= 15 is 0 Å². The van der Waals surface area contributed by atoms with E-state index < -0.39 is 0 Å². The van der Waals surface area contributed by atoms with Gasteiger partial charge in [0.05, 0.1) is 12.2 Å². The summed E-state index contributed by atoms with van der Waals surface area (Å²) in [6, 6.07) is 2.04. The van der Waals surface area contributed by atoms with E-state index in [0.29, 0.717) is 12.2 Å². The maximum Gasteiger partial charge on any atom is 0.133 e. The topological polar surface area (TPSA) is 38.2 Å². The fraction of sp³-hybridized carbons (Fsp3) is 0.600. The molecule has 15 heavy (non-hydrogen) atoms. The summed E-state index contributed by atoms with van der Waals surface area (Å²) in [5, 5.41) is 0. The van der Waals surface area contributed by atoms with Crippen LogP contribution in [0, 0.1) is 10.6 Å². The molecule has 0 radical (unpaired) electrons. The second kappa shape index (κ2) is 3.55. The first-order valence-electron chi connectivity index (χ1n) is 5.12. The number of anilines is 1. The molecule has 3 aliphatic heterocycles. The number of hydrogen-bond acceptors (Lipinski definition) is 4. The van der Waals surface area contributed by atoms with Gasteiger partial charge in [-0.15, -0.1) is 0 Å². The van der Waals surface area contributed by atoms with E-state index in [-0.39, 0.29) is 0 Å². The van der Waals surface area contributed by atoms with E-state index in [2.05, 4.69) is 37.5 Å². The van der Waals surface area contributed by atoms with Crippen LogP contribution in [0.1, 0.15) is 12.2 Å². The zero-order chi connectivity index (χ0) is 10.4. The van der Waals surface area contributed by atoms with Crippen LogP contribution in [-0.4, -0.2) is 35.3 Å². The van der Waals surface area contributed by atoms with Crippen molar-refractivity contribution in [2.75, 3.05) is 18.0 Å². The van der Waals surface area contributed by atoms with Crippen LogP contribution in [0.15, 0.2) is 6.07 Å². The summed E-state index contributed by atoms with van der Waals surface area (Å²) in [5.41, 5.74) is 0. The van der Waals surface area contributed by atoms with E-state index in [1.165, 1.54) is 6.42 Å². The monoisotopic (exact) mass is 317 g/mol. The number of nitrogens with zero attached hydrogens (tertiary/aromatic N) is 3. The Morgan fingerprint density at radius 3 is 2.67 bits per heavy atom. The molecule has 5 heteroatoms. The summed E-state index contributed by atoms with van der Waals surface area (Å²) in [4.78, 5) is 11.0. The van der Waals surface area contributed by atoms with Gasteiger partial charge in [0.15, 0.2) is 0 Å². The summed E-state index contributed by atoms with van der Waals surface area (Å²) in [6.07, 6.45) is 2.07. The van der Waals surface area contributed by atoms with Crippen LogP contribution in [0.2, 0.25) is 0 Å². The minimum atomic E-state index is 0.427. The Hall–Kier alpha value is -0.430. The van der Waals surface area contributed by atoms with Crippen LogP contribution in [0.5, 0.6) is 0 Å². The fourth-order valence-electron chi connectivity index (χ4n) is 2.22. The third-order valence-electron chi connectivity index (χ3n) is 2.88. The van der Waals surface area contributed by atoms with E-state index in [1.807, 2.05) is 13.0 Å². The molecule has 0 aliphatic carbocycles. The third kappa shape index (κ3) is 1.82. The first-order valence-corrected chi connectivity index (χ1v) is 6.20. The van der Waals surface area contributed by atoms with Crippen molar-refractivity contribution in [3.8, 4) is 0 Å². The largest absolute Gasteiger partial charge is 0.371 e. The third-order valence-corrected chi connectivity index (χ3v) is 3.43. The Labute approximate surface area is 102 Å². The molecule has 1 aromatic rings. The van der Waals surface area contributed by atoms with Gasteiger partial charge in [-0.05, 0) is 29.5 Å². The highest BCUT2D eigenvalue weighted by Gasteiger charge is 2.38. The maximum atomic E-state index is 5.60. The van der Waals surface area contributed by atoms with Gasteiger partial charge in [-0.3, -0.25) is 0 Å². The molecule has 1 aromatic heterocycles. The Morgan fingerprint density at radius 1 is 1.40 bits per heavy atom. The predicted octanol–water partition coefficient (Wildman–Crippen LogP) is 1.37. The Balaban J connectivity index is 1.86. The number of hydrogen-bond donors (Lipinski definition) is 0. The number of halogens is 1. The maximum absolute atomic E-state index is 5.60. The van der Waals surface area contributed by atoms with Crippen molar-refractivity contribution in [1.82, 2.24) is 9.97 Å². The number of morpholine rings is 1. The van der Waals surface area contributed by atoms with Crippen molar-refractivity contribution in [3.63, 3.8) is 0 Å². The molecule has 0 N–H and O–H groups in total. The van der Waals surface area contributed by atoms with Crippen LogP contribution >= 0.6 is 22.6 Å². The molecule has 3 fully saturated rings. The molecule has 4 rings (SSSR count). The zero-order valence-corrected chi connectivity index (χ0v) is 10.6. The van der Waals surface area contributed by atoms with Gasteiger partial charge in [0.25, 0.3) is 0 Å². The predicted molar refractivity (Wildman–Crippen MR) is 65.0 cm³/mol. The second-order valence-corrected chi connectivity index (χ2v) is 5.22. The fourth-order valence-corrected chi connectivity index (χ4v) is 2.85. The number of ether oxygens (including phenoxy) is 1. The van der Waals surface area contributed by atoms with Crippen molar-refractivity contribution in [2.45, 2.75) is 25.6 Å². The Morgan fingerprint density at radius 2 is 2.07 bits per heavy atom. The highest BCUT2D eigenvalue weighted by molar-refractivity contribution is 14.1. The first kappa shape index (κ1) is 9.77. The summed E-state index contributed by atoms with van der Waals surface area (Å²) in [6.45, 7) is 3.89. The molecule has 0 saturated carbocycles. The number of piperidine rings is 1. The number of rotatable bonds is 1. The minimum Gasteiger partial charge on any atom is -0.371 e. The molecule has 80 valence electrons. The van der Waals surface area contributed by atoms with Crippen molar-refractivity contribution in [3.05, 3.63) is 15.6 Å². The molecule has 2 atom stereocenters. The lowest BCUT2D eigenvalue weighted by Gasteiger charge is -2.47. The average Bonchev–Trinajstić information content (AvgIpc) is 2.15. The lowest BCUT2D eigenvalue weighted by molar-refractivity contribution is -0.133. The SMILES string of the molecule is Cc1nc(I)cc(N2CC3CC(C2)O3)n1. The summed E-state index contributed by atoms with van der Waals surface area (Å²) < 4.78 is 6.61. The summed E-state index contributed by atoms with van der Waals surface area (Å²) in [5.74, 6) is 1.89. The van der Waals surface area contributed by atoms with Crippen LogP contribution in [0.4, 0.5) is 5.82 Å². The van der Waals surface area contributed by atoms with Gasteiger partial charge in [0.2, 0.25) is 0 Å². The van der Waals surface area contributed by atoms with Gasteiger partial charge in [0.1, 0.15) is 15.3 Å². The quantitative estimate of drug-likeness (QED) is 0.579. The molecule has 0 aromatic carbocycles. The van der Waals surface area contributed by atoms with E-state index in [1.54, 1.807) is 0 Å². The van der Waals surface area contributed by atoms with E-state index in [9.17, 15) is 0 Å². The summed E-state index contributed by atoms with van der Waals surface area (Å²) >= 11 is 2.23. The van der Waals surface area contributed by atoms with E-state index in [0.717, 1.165) is 28.4 Å². The van der Waals surface area contributed by atoms with Crippen LogP contribution < -0.4 is 4.90 Å². The first-order chi connectivity index (χ1) is 7.20. The molecular weight excluding hydrogens is 305 g/mol. The highest BCUT2D eigenvalue weighted by Crippen LogP contribution is 2.30. The zero-order valence-electron chi connectivity index (χ0n) is 8.48. The number of aryl methyl sites for hydroxylation is 1. The van der Waals surface area contributed by atoms with Crippen molar-refractivity contribution in [1.29, 1.82) is 0 Å². The molecule has 0 amide bonds. The van der Waals surface area contributed by atoms with Gasteiger partial charge in [0, 0.05) is 25.6 Å². The lowest BCUT2D eigenvalue weighted by Crippen LogP contribution is -2.57. The van der Waals surface area contributed by atoms with Gasteiger partial charge in [-0.25, -0.2) is 9.97 Å². The normalized spacial score (nSPS) is 28.8. The Bertz CT molecular complexity index is 362. The number of aromatic nitrogens is 2. The molecule has 2 unspecified atom stereocenters. The van der Waals surface area contributed by atoms with E-state index in [4.69, 9.17) is 4.74 Å². The van der Waals surface area contributed by atoms with Crippen LogP contribution in [0.3, 0.4) is 0 Å². The Kier molecular flexibility index (Phi) is 2.31. The second-order valence-electron chi connectivity index (χ2n) is 4.12. The summed E-state index contributed by atoms with van der Waals surface area (Å²) in [7, 11) is 0. The van der Waals surface area contributed by atoms with Crippen LogP contribution in [0.25, 0.3) is 0 Å². The minimum absolute atomic E-state index is 0.427. The molecule has 3 saturated heterocycles. The standard InChI is InChI=1S/C10H12IN3O/c1-6-12-9(11)3-10(13-6)14-4-7-2-8(5-14)15-7/h3,7-8H,2,4-5H2,1H3. The lowest BCUT2D eigenvalue weighted by atomic mass is 9.99. The smallest absolute Gasteiger partial charge is 0.133 e. The molecule has 4 nitrogen and oxygen atoms in total. The van der Waals surface area contributed by atoms with Gasteiger partial charge in [-0.2, -0.15) is 0 Å². The van der Waals surface area contributed by atoms with Gasteiger partial charge < -0.3 is 9.64 Å². The van der Waals surface area contributed by atoms with Crippen molar-refractivity contribution in [2.24, 2.45) is 0 Å². The molecular formula is C10H12IN3O. The highest BCUT2D eigenvalue weighted by atomic mass is 127. The van der Waals surface area contributed by atoms with Gasteiger partial charge >= 0.3 is 0 Å².